The van der Waals surface area contributed by atoms with E-state index in [0.29, 0.717) is 25.5 Å². The Labute approximate surface area is 196 Å². The fourth-order valence-corrected chi connectivity index (χ4v) is 5.39. The van der Waals surface area contributed by atoms with Gasteiger partial charge in [-0.15, -0.1) is 0 Å². The van der Waals surface area contributed by atoms with Gasteiger partial charge in [-0.25, -0.2) is 13.1 Å². The van der Waals surface area contributed by atoms with E-state index in [-0.39, 0.29) is 17.0 Å². The third kappa shape index (κ3) is 6.00. The van der Waals surface area contributed by atoms with Gasteiger partial charge in [0.25, 0.3) is 0 Å². The molecule has 0 spiro atoms. The number of guanidine groups is 1. The van der Waals surface area contributed by atoms with Crippen LogP contribution in [0, 0.1) is 6.92 Å². The van der Waals surface area contributed by atoms with Crippen LogP contribution in [0.5, 0.6) is 0 Å². The first kappa shape index (κ1) is 23.0. The zero-order valence-corrected chi connectivity index (χ0v) is 19.6. The fraction of sp³-hybridized carbons (Fsp3) is 0.269. The molecular formula is C26H30N4O2S. The van der Waals surface area contributed by atoms with E-state index in [9.17, 15) is 8.42 Å². The Morgan fingerprint density at radius 1 is 0.970 bits per heavy atom. The van der Waals surface area contributed by atoms with Crippen molar-refractivity contribution in [2.45, 2.75) is 36.7 Å². The van der Waals surface area contributed by atoms with Gasteiger partial charge >= 0.3 is 0 Å². The maximum absolute atomic E-state index is 13.2. The molecule has 4 rings (SSSR count). The van der Waals surface area contributed by atoms with E-state index in [1.54, 1.807) is 12.1 Å². The SMILES string of the molecule is Cc1ccc(S(=O)(=O)N[C@@H](Cc2ccccc2)CN2C(N)=NC[C@@H]2Cc2ccccc2)cc1. The van der Waals surface area contributed by atoms with Crippen molar-refractivity contribution in [1.29, 1.82) is 0 Å². The van der Waals surface area contributed by atoms with Gasteiger partial charge in [0.05, 0.1) is 17.5 Å². The molecule has 0 saturated carbocycles. The van der Waals surface area contributed by atoms with Crippen molar-refractivity contribution >= 4 is 16.0 Å². The minimum Gasteiger partial charge on any atom is -0.370 e. The summed E-state index contributed by atoms with van der Waals surface area (Å²) in [6.07, 6.45) is 1.35. The number of benzene rings is 3. The van der Waals surface area contributed by atoms with E-state index >= 15 is 0 Å². The number of nitrogens with zero attached hydrogens (tertiary/aromatic N) is 2. The third-order valence-electron chi connectivity index (χ3n) is 5.91. The second-order valence-corrected chi connectivity index (χ2v) is 10.2. The smallest absolute Gasteiger partial charge is 0.240 e. The van der Waals surface area contributed by atoms with Crippen LogP contribution in [0.3, 0.4) is 0 Å². The van der Waals surface area contributed by atoms with Gasteiger partial charge in [0.15, 0.2) is 5.96 Å². The summed E-state index contributed by atoms with van der Waals surface area (Å²) >= 11 is 0. The molecule has 0 aromatic heterocycles. The predicted octanol–water partition coefficient (Wildman–Crippen LogP) is 3.13. The van der Waals surface area contributed by atoms with Crippen molar-refractivity contribution in [2.75, 3.05) is 13.1 Å². The highest BCUT2D eigenvalue weighted by Gasteiger charge is 2.30. The lowest BCUT2D eigenvalue weighted by Gasteiger charge is -2.31. The quantitative estimate of drug-likeness (QED) is 0.511. The minimum absolute atomic E-state index is 0.0922. The second-order valence-electron chi connectivity index (χ2n) is 8.52. The molecule has 0 aliphatic carbocycles. The van der Waals surface area contributed by atoms with Gasteiger partial charge in [0.2, 0.25) is 10.0 Å². The van der Waals surface area contributed by atoms with Crippen LogP contribution < -0.4 is 10.5 Å². The molecule has 1 aliphatic heterocycles. The van der Waals surface area contributed by atoms with Gasteiger partial charge in [-0.2, -0.15) is 0 Å². The molecule has 0 unspecified atom stereocenters. The van der Waals surface area contributed by atoms with Gasteiger partial charge in [-0.1, -0.05) is 78.4 Å². The topological polar surface area (TPSA) is 87.8 Å². The van der Waals surface area contributed by atoms with E-state index < -0.39 is 10.0 Å². The maximum Gasteiger partial charge on any atom is 0.240 e. The summed E-state index contributed by atoms with van der Waals surface area (Å²) in [5, 5.41) is 0. The highest BCUT2D eigenvalue weighted by molar-refractivity contribution is 7.89. The highest BCUT2D eigenvalue weighted by Crippen LogP contribution is 2.18. The van der Waals surface area contributed by atoms with Crippen molar-refractivity contribution in [2.24, 2.45) is 10.7 Å². The third-order valence-corrected chi connectivity index (χ3v) is 7.44. The van der Waals surface area contributed by atoms with Crippen LogP contribution in [0.2, 0.25) is 0 Å². The summed E-state index contributed by atoms with van der Waals surface area (Å²) in [5.41, 5.74) is 9.53. The molecule has 1 heterocycles. The van der Waals surface area contributed by atoms with Crippen LogP contribution in [-0.4, -0.2) is 44.5 Å². The normalized spacial score (nSPS) is 17.1. The first-order valence-electron chi connectivity index (χ1n) is 11.1. The Bertz CT molecular complexity index is 1180. The summed E-state index contributed by atoms with van der Waals surface area (Å²) in [6, 6.07) is 26.7. The lowest BCUT2D eigenvalue weighted by Crippen LogP contribution is -2.51. The van der Waals surface area contributed by atoms with E-state index in [1.807, 2.05) is 72.5 Å². The van der Waals surface area contributed by atoms with Crippen LogP contribution in [0.4, 0.5) is 0 Å². The zero-order chi connectivity index (χ0) is 23.3. The van der Waals surface area contributed by atoms with Gasteiger partial charge in [0.1, 0.15) is 0 Å². The molecule has 0 radical (unpaired) electrons. The molecule has 2 atom stereocenters. The zero-order valence-electron chi connectivity index (χ0n) is 18.8. The molecule has 0 bridgehead atoms. The maximum atomic E-state index is 13.2. The second kappa shape index (κ2) is 10.2. The molecule has 3 aromatic rings. The monoisotopic (exact) mass is 462 g/mol. The molecule has 7 heteroatoms. The Kier molecular flexibility index (Phi) is 7.11. The van der Waals surface area contributed by atoms with Crippen LogP contribution in [-0.2, 0) is 22.9 Å². The summed E-state index contributed by atoms with van der Waals surface area (Å²) in [7, 11) is -3.69. The number of nitrogens with two attached hydrogens (primary N) is 1. The van der Waals surface area contributed by atoms with Crippen molar-refractivity contribution in [3.8, 4) is 0 Å². The van der Waals surface area contributed by atoms with Gasteiger partial charge in [-0.05, 0) is 43.0 Å². The standard InChI is InChI=1S/C26H30N4O2S/c1-20-12-14-25(15-13-20)33(31,32)29-23(16-21-8-4-2-5-9-21)19-30-24(18-28-26(30)27)17-22-10-6-3-7-11-22/h2-15,23-24,29H,16-19H2,1H3,(H2,27,28)/t23-,24-/m0/s1. The lowest BCUT2D eigenvalue weighted by molar-refractivity contribution is 0.307. The molecule has 0 fully saturated rings. The highest BCUT2D eigenvalue weighted by atomic mass is 32.2. The Hall–Kier alpha value is -3.16. The Balaban J connectivity index is 1.56. The minimum atomic E-state index is -3.69. The number of aliphatic imine (C=N–C) groups is 1. The molecule has 3 N–H and O–H groups in total. The number of hydrogen-bond donors (Lipinski definition) is 2. The van der Waals surface area contributed by atoms with Crippen molar-refractivity contribution in [3.63, 3.8) is 0 Å². The molecule has 3 aromatic carbocycles. The number of rotatable bonds is 9. The molecule has 1 aliphatic rings. The largest absolute Gasteiger partial charge is 0.370 e. The first-order valence-corrected chi connectivity index (χ1v) is 12.6. The molecule has 0 amide bonds. The van der Waals surface area contributed by atoms with E-state index in [4.69, 9.17) is 5.73 Å². The summed E-state index contributed by atoms with van der Waals surface area (Å²) in [6.45, 7) is 2.97. The van der Waals surface area contributed by atoms with E-state index in [0.717, 1.165) is 17.5 Å². The molecule has 172 valence electrons. The van der Waals surface area contributed by atoms with E-state index in [1.165, 1.54) is 5.56 Å². The Morgan fingerprint density at radius 2 is 1.58 bits per heavy atom. The van der Waals surface area contributed by atoms with Crippen LogP contribution in [0.25, 0.3) is 0 Å². The van der Waals surface area contributed by atoms with Crippen LogP contribution >= 0.6 is 0 Å². The fourth-order valence-electron chi connectivity index (χ4n) is 4.16. The van der Waals surface area contributed by atoms with Crippen LogP contribution in [0.15, 0.2) is 94.8 Å². The molecule has 0 saturated heterocycles. The van der Waals surface area contributed by atoms with Crippen LogP contribution in [0.1, 0.15) is 16.7 Å². The van der Waals surface area contributed by atoms with Crippen molar-refractivity contribution < 1.29 is 8.42 Å². The van der Waals surface area contributed by atoms with Crippen molar-refractivity contribution in [1.82, 2.24) is 9.62 Å². The summed E-state index contributed by atoms with van der Waals surface area (Å²) in [5.74, 6) is 0.462. The molecule has 6 nitrogen and oxygen atoms in total. The van der Waals surface area contributed by atoms with Gasteiger partial charge in [0, 0.05) is 12.6 Å². The number of aryl methyl sites for hydroxylation is 1. The summed E-state index contributed by atoms with van der Waals surface area (Å²) in [4.78, 5) is 6.76. The number of sulfonamides is 1. The number of nitrogens with one attached hydrogen (secondary N) is 1. The molecule has 33 heavy (non-hydrogen) atoms. The lowest BCUT2D eigenvalue weighted by atomic mass is 10.0. The van der Waals surface area contributed by atoms with Gasteiger partial charge < -0.3 is 10.6 Å². The van der Waals surface area contributed by atoms with E-state index in [2.05, 4.69) is 21.8 Å². The van der Waals surface area contributed by atoms with Gasteiger partial charge in [-0.3, -0.25) is 4.99 Å². The Morgan fingerprint density at radius 3 is 2.21 bits per heavy atom. The summed E-state index contributed by atoms with van der Waals surface area (Å²) < 4.78 is 29.3. The average molecular weight is 463 g/mol. The average Bonchev–Trinajstić information content (AvgIpc) is 3.14. The number of hydrogen-bond acceptors (Lipinski definition) is 5. The first-order chi connectivity index (χ1) is 15.9. The molecular weight excluding hydrogens is 432 g/mol. The predicted molar refractivity (Wildman–Crippen MR) is 133 cm³/mol. The van der Waals surface area contributed by atoms with Crippen molar-refractivity contribution in [3.05, 3.63) is 102 Å².